The molecule has 0 aromatic heterocycles. The van der Waals surface area contributed by atoms with Crippen molar-refractivity contribution in [1.82, 2.24) is 0 Å². The minimum Gasteiger partial charge on any atom is -0.508 e. The maximum atomic E-state index is 12.8. The Morgan fingerprint density at radius 2 is 1.76 bits per heavy atom. The number of allylic oxidation sites excluding steroid dienone is 1. The number of ketones is 1. The van der Waals surface area contributed by atoms with Crippen molar-refractivity contribution in [3.8, 4) is 5.75 Å². The second kappa shape index (κ2) is 5.83. The average Bonchev–Trinajstić information content (AvgIpc) is 2.44. The van der Waals surface area contributed by atoms with E-state index in [0.717, 1.165) is 18.2 Å². The topological polar surface area (TPSA) is 37.3 Å². The molecule has 0 bridgehead atoms. The van der Waals surface area contributed by atoms with Crippen molar-refractivity contribution in [3.63, 3.8) is 0 Å². The molecule has 0 fully saturated rings. The number of hydrogen-bond acceptors (Lipinski definition) is 2. The van der Waals surface area contributed by atoms with Crippen LogP contribution in [0.2, 0.25) is 0 Å². The van der Waals surface area contributed by atoms with Gasteiger partial charge in [-0.3, -0.25) is 4.79 Å². The van der Waals surface area contributed by atoms with E-state index in [2.05, 4.69) is 0 Å². The zero-order valence-corrected chi connectivity index (χ0v) is 10.8. The van der Waals surface area contributed by atoms with E-state index in [1.807, 2.05) is 0 Å². The molecule has 2 rings (SSSR count). The molecule has 2 aromatic carbocycles. The lowest BCUT2D eigenvalue weighted by atomic mass is 10.0. The molecule has 0 saturated carbocycles. The number of benzene rings is 2. The second-order valence-electron chi connectivity index (χ2n) is 4.34. The van der Waals surface area contributed by atoms with Crippen LogP contribution >= 0.6 is 0 Å². The lowest BCUT2D eigenvalue weighted by Crippen LogP contribution is -2.11. The minimum absolute atomic E-state index is 0.0142. The van der Waals surface area contributed by atoms with Gasteiger partial charge in [0.05, 0.1) is 5.56 Å². The van der Waals surface area contributed by atoms with Gasteiger partial charge in [0, 0.05) is 5.56 Å². The summed E-state index contributed by atoms with van der Waals surface area (Å²) in [5, 5.41) is 9.28. The Balaban J connectivity index is 2.29. The van der Waals surface area contributed by atoms with Crippen molar-refractivity contribution in [2.75, 3.05) is 0 Å². The molecule has 0 aliphatic carbocycles. The van der Waals surface area contributed by atoms with Crippen LogP contribution in [0.15, 0.2) is 54.6 Å². The van der Waals surface area contributed by atoms with E-state index in [4.69, 9.17) is 0 Å². The molecule has 0 spiro atoms. The van der Waals surface area contributed by atoms with Gasteiger partial charge >= 0.3 is 6.18 Å². The largest absolute Gasteiger partial charge is 0.508 e. The van der Waals surface area contributed by atoms with Crippen LogP contribution in [0.25, 0.3) is 6.08 Å². The summed E-state index contributed by atoms with van der Waals surface area (Å²) in [6.07, 6.45) is -2.17. The minimum atomic E-state index is -4.58. The molecule has 108 valence electrons. The molecule has 2 nitrogen and oxygen atoms in total. The van der Waals surface area contributed by atoms with Crippen LogP contribution in [-0.4, -0.2) is 10.9 Å². The lowest BCUT2D eigenvalue weighted by molar-refractivity contribution is -0.137. The van der Waals surface area contributed by atoms with Gasteiger partial charge in [-0.1, -0.05) is 36.4 Å². The predicted molar refractivity (Wildman–Crippen MR) is 72.9 cm³/mol. The highest BCUT2D eigenvalue weighted by atomic mass is 19.4. The smallest absolute Gasteiger partial charge is 0.417 e. The second-order valence-corrected chi connectivity index (χ2v) is 4.34. The summed E-state index contributed by atoms with van der Waals surface area (Å²) in [6, 6.07) is 10.7. The fourth-order valence-corrected chi connectivity index (χ4v) is 1.84. The van der Waals surface area contributed by atoms with Crippen LogP contribution in [0.3, 0.4) is 0 Å². The first-order valence-electron chi connectivity index (χ1n) is 6.05. The SMILES string of the molecule is O=C(/C=C/c1cccc(O)c1)c1ccccc1C(F)(F)F. The van der Waals surface area contributed by atoms with E-state index in [1.54, 1.807) is 12.1 Å². The molecule has 5 heteroatoms. The lowest BCUT2D eigenvalue weighted by Gasteiger charge is -2.10. The number of halogens is 3. The molecule has 0 aliphatic heterocycles. The summed E-state index contributed by atoms with van der Waals surface area (Å²) in [4.78, 5) is 11.9. The normalized spacial score (nSPS) is 11.8. The van der Waals surface area contributed by atoms with Gasteiger partial charge in [-0.25, -0.2) is 0 Å². The molecule has 0 amide bonds. The van der Waals surface area contributed by atoms with Crippen molar-refractivity contribution < 1.29 is 23.1 Å². The van der Waals surface area contributed by atoms with Gasteiger partial charge in [-0.15, -0.1) is 0 Å². The Labute approximate surface area is 119 Å². The fraction of sp³-hybridized carbons (Fsp3) is 0.0625. The van der Waals surface area contributed by atoms with Crippen molar-refractivity contribution in [3.05, 3.63) is 71.3 Å². The van der Waals surface area contributed by atoms with Crippen LogP contribution in [0.5, 0.6) is 5.75 Å². The Kier molecular flexibility index (Phi) is 4.12. The monoisotopic (exact) mass is 292 g/mol. The van der Waals surface area contributed by atoms with Crippen LogP contribution in [0, 0.1) is 0 Å². The molecule has 1 N–H and O–H groups in total. The number of aromatic hydroxyl groups is 1. The summed E-state index contributed by atoms with van der Waals surface area (Å²) < 4.78 is 38.4. The van der Waals surface area contributed by atoms with Gasteiger partial charge in [0.1, 0.15) is 5.75 Å². The Bertz CT molecular complexity index is 688. The first kappa shape index (κ1) is 14.8. The highest BCUT2D eigenvalue weighted by molar-refractivity contribution is 6.07. The summed E-state index contributed by atoms with van der Waals surface area (Å²) in [7, 11) is 0. The summed E-state index contributed by atoms with van der Waals surface area (Å²) >= 11 is 0. The van der Waals surface area contributed by atoms with Gasteiger partial charge in [-0.05, 0) is 29.8 Å². The zero-order chi connectivity index (χ0) is 15.5. The highest BCUT2D eigenvalue weighted by Gasteiger charge is 2.34. The van der Waals surface area contributed by atoms with E-state index in [1.165, 1.54) is 30.3 Å². The van der Waals surface area contributed by atoms with Gasteiger partial charge in [0.2, 0.25) is 0 Å². The number of phenols is 1. The molecule has 0 saturated heterocycles. The molecule has 0 aliphatic rings. The number of hydrogen-bond donors (Lipinski definition) is 1. The van der Waals surface area contributed by atoms with Crippen molar-refractivity contribution in [1.29, 1.82) is 0 Å². The third kappa shape index (κ3) is 3.72. The van der Waals surface area contributed by atoms with Crippen molar-refractivity contribution >= 4 is 11.9 Å². The van der Waals surface area contributed by atoms with Crippen LogP contribution < -0.4 is 0 Å². The summed E-state index contributed by atoms with van der Waals surface area (Å²) in [5.74, 6) is -0.730. The summed E-state index contributed by atoms with van der Waals surface area (Å²) in [6.45, 7) is 0. The number of carbonyl (C=O) groups is 1. The van der Waals surface area contributed by atoms with Gasteiger partial charge in [-0.2, -0.15) is 13.2 Å². The number of carbonyl (C=O) groups excluding carboxylic acids is 1. The highest BCUT2D eigenvalue weighted by Crippen LogP contribution is 2.32. The maximum Gasteiger partial charge on any atom is 0.417 e. The first-order chi connectivity index (χ1) is 9.88. The third-order valence-corrected chi connectivity index (χ3v) is 2.80. The van der Waals surface area contributed by atoms with Gasteiger partial charge < -0.3 is 5.11 Å². The molecule has 0 atom stereocenters. The van der Waals surface area contributed by atoms with Gasteiger partial charge in [0.15, 0.2) is 5.78 Å². The van der Waals surface area contributed by atoms with E-state index in [-0.39, 0.29) is 5.75 Å². The zero-order valence-electron chi connectivity index (χ0n) is 10.8. The Morgan fingerprint density at radius 1 is 1.05 bits per heavy atom. The maximum absolute atomic E-state index is 12.8. The molecule has 0 radical (unpaired) electrons. The Hall–Kier alpha value is -2.56. The number of alkyl halides is 3. The molecular weight excluding hydrogens is 281 g/mol. The van der Waals surface area contributed by atoms with E-state index < -0.39 is 23.1 Å². The van der Waals surface area contributed by atoms with Crippen LogP contribution in [0.1, 0.15) is 21.5 Å². The van der Waals surface area contributed by atoms with E-state index in [9.17, 15) is 23.1 Å². The average molecular weight is 292 g/mol. The molecule has 0 unspecified atom stereocenters. The van der Waals surface area contributed by atoms with E-state index >= 15 is 0 Å². The van der Waals surface area contributed by atoms with E-state index in [0.29, 0.717) is 5.56 Å². The summed E-state index contributed by atoms with van der Waals surface area (Å²) in [5.41, 5.74) is -0.843. The molecule has 2 aromatic rings. The molecule has 0 heterocycles. The standard InChI is InChI=1S/C16H11F3O2/c17-16(18,19)14-7-2-1-6-13(14)15(21)9-8-11-4-3-5-12(20)10-11/h1-10,20H/b9-8+. The van der Waals surface area contributed by atoms with Crippen LogP contribution in [0.4, 0.5) is 13.2 Å². The van der Waals surface area contributed by atoms with Crippen LogP contribution in [-0.2, 0) is 6.18 Å². The molecule has 21 heavy (non-hydrogen) atoms. The Morgan fingerprint density at radius 3 is 2.43 bits per heavy atom. The van der Waals surface area contributed by atoms with Crippen molar-refractivity contribution in [2.45, 2.75) is 6.18 Å². The number of phenolic OH excluding ortho intramolecular Hbond substituents is 1. The quantitative estimate of drug-likeness (QED) is 0.676. The number of rotatable bonds is 3. The third-order valence-electron chi connectivity index (χ3n) is 2.80. The molecular formula is C16H11F3O2. The predicted octanol–water partition coefficient (Wildman–Crippen LogP) is 4.31. The van der Waals surface area contributed by atoms with Crippen molar-refractivity contribution in [2.24, 2.45) is 0 Å². The first-order valence-corrected chi connectivity index (χ1v) is 6.05. The van der Waals surface area contributed by atoms with Gasteiger partial charge in [0.25, 0.3) is 0 Å². The fourth-order valence-electron chi connectivity index (χ4n) is 1.84.